The van der Waals surface area contributed by atoms with E-state index in [0.717, 1.165) is 55.1 Å². The van der Waals surface area contributed by atoms with Gasteiger partial charge in [-0.15, -0.1) is 0 Å². The number of carbonyl (C=O) groups is 3. The number of imidazole rings is 2. The number of hydrogen-bond acceptors (Lipinski definition) is 9. The minimum absolute atomic E-state index is 0. The number of ether oxygens (including phenoxy) is 2. The topological polar surface area (TPSA) is 145 Å². The van der Waals surface area contributed by atoms with Crippen molar-refractivity contribution in [3.63, 3.8) is 0 Å². The third-order valence-corrected chi connectivity index (χ3v) is 6.42. The molecule has 0 fully saturated rings. The molecule has 0 radical (unpaired) electrons. The fourth-order valence-electron chi connectivity index (χ4n) is 4.00. The van der Waals surface area contributed by atoms with Crippen LogP contribution < -0.4 is 34.7 Å². The number of aromatic nitrogens is 5. The molecule has 0 atom stereocenters. The van der Waals surface area contributed by atoms with Crippen molar-refractivity contribution >= 4 is 40.5 Å². The molecule has 0 bridgehead atoms. The SMILES string of the molecule is C#[N+]CC(=O)OC(C)(C)C.CC(C)(C)OC(=O)c1ncn2ccc(C(F)(F)F)cc12.FC(F)(F)c1ccnc(Cl)c1.O=C([O-])c1ncn2ccc(C(F)(F)F)cc12.[Na+]. The molecule has 308 valence electrons. The molecule has 23 heteroatoms. The van der Waals surface area contributed by atoms with E-state index < -0.39 is 70.0 Å². The quantitative estimate of drug-likeness (QED) is 0.105. The maximum atomic E-state index is 12.7. The molecule has 5 aromatic heterocycles. The summed E-state index contributed by atoms with van der Waals surface area (Å²) < 4.78 is 123. The van der Waals surface area contributed by atoms with Crippen LogP contribution in [0.15, 0.2) is 67.6 Å². The maximum Gasteiger partial charge on any atom is 1.00 e. The fourth-order valence-corrected chi connectivity index (χ4v) is 4.17. The molecule has 5 aromatic rings. The molecule has 5 heterocycles. The minimum Gasteiger partial charge on any atom is -0.543 e. The standard InChI is InChI=1S/C13H13F3N2O2.C9H5F3N2O2.C7H12NO2.C6H3ClF3N.Na/c1-12(2,3)20-11(19)10-9-6-8(13(14,15)16)4-5-18(9)7-17-10;10-9(11,12)5-1-2-14-4-13-7(8(15)16)6(14)3-5;1-7(2,3)10-6(9)5-8-4;7-5-3-4(1-2-11-5)6(8,9)10;/h4-7H,1-3H3;1-4H,(H,15,16);4H,5H2,1-3H3;1-3H;/q;;+1;;+1/p-1. The molecule has 0 aliphatic carbocycles. The summed E-state index contributed by atoms with van der Waals surface area (Å²) in [5.74, 6) is -2.75. The number of hydrogen-bond donors (Lipinski definition) is 0. The zero-order chi connectivity index (χ0) is 43.7. The molecule has 0 aromatic carbocycles. The van der Waals surface area contributed by atoms with Crippen molar-refractivity contribution in [1.29, 1.82) is 0 Å². The number of alkyl halides is 9. The van der Waals surface area contributed by atoms with E-state index in [1.54, 1.807) is 41.5 Å². The van der Waals surface area contributed by atoms with Crippen LogP contribution in [0, 0.1) is 6.57 Å². The summed E-state index contributed by atoms with van der Waals surface area (Å²) in [7, 11) is 0. The van der Waals surface area contributed by atoms with Gasteiger partial charge in [0.15, 0.2) is 5.69 Å². The second-order valence-corrected chi connectivity index (χ2v) is 13.6. The Balaban J connectivity index is 0.000000400. The van der Waals surface area contributed by atoms with E-state index in [1.165, 1.54) is 21.3 Å². The number of carboxylic acid groups (broad SMARTS) is 1. The number of pyridine rings is 3. The molecule has 0 spiro atoms. The van der Waals surface area contributed by atoms with Gasteiger partial charge in [0.2, 0.25) is 0 Å². The Morgan fingerprint density at radius 2 is 1.12 bits per heavy atom. The van der Waals surface area contributed by atoms with Gasteiger partial charge in [-0.2, -0.15) is 39.5 Å². The van der Waals surface area contributed by atoms with Gasteiger partial charge in [0.05, 0.1) is 40.0 Å². The Labute approximate surface area is 351 Å². The average molecular weight is 862 g/mol. The van der Waals surface area contributed by atoms with Gasteiger partial charge in [-0.1, -0.05) is 16.4 Å². The molecular formula is C35H32ClF9N6NaO6+. The summed E-state index contributed by atoms with van der Waals surface area (Å²) in [5, 5.41) is 10.4. The summed E-state index contributed by atoms with van der Waals surface area (Å²) >= 11 is 5.24. The third kappa shape index (κ3) is 16.5. The van der Waals surface area contributed by atoms with E-state index in [2.05, 4.69) is 19.8 Å². The molecule has 12 nitrogen and oxygen atoms in total. The van der Waals surface area contributed by atoms with Crippen molar-refractivity contribution in [1.82, 2.24) is 23.8 Å². The van der Waals surface area contributed by atoms with Crippen LogP contribution in [-0.4, -0.2) is 59.4 Å². The zero-order valence-corrected chi connectivity index (χ0v) is 34.3. The fraction of sp³-hybridized carbons (Fsp3) is 0.343. The third-order valence-electron chi connectivity index (χ3n) is 6.21. The average Bonchev–Trinajstić information content (AvgIpc) is 3.67. The Hall–Kier alpha value is -4.91. The minimum atomic E-state index is -4.52. The number of aromatic carboxylic acids is 1. The Bertz CT molecular complexity index is 2240. The molecule has 0 aliphatic rings. The van der Waals surface area contributed by atoms with Gasteiger partial charge >= 0.3 is 66.6 Å². The Morgan fingerprint density at radius 3 is 1.48 bits per heavy atom. The van der Waals surface area contributed by atoms with Gasteiger partial charge in [-0.05, 0) is 77.9 Å². The number of rotatable bonds is 3. The predicted molar refractivity (Wildman–Crippen MR) is 183 cm³/mol. The van der Waals surface area contributed by atoms with Crippen molar-refractivity contribution in [2.45, 2.75) is 71.3 Å². The van der Waals surface area contributed by atoms with E-state index in [1.807, 2.05) is 0 Å². The molecule has 0 saturated heterocycles. The number of nitrogens with zero attached hydrogens (tertiary/aromatic N) is 6. The van der Waals surface area contributed by atoms with E-state index in [4.69, 9.17) is 27.6 Å². The largest absolute Gasteiger partial charge is 1.00 e. The summed E-state index contributed by atoms with van der Waals surface area (Å²) in [6, 6.07) is 5.01. The monoisotopic (exact) mass is 861 g/mol. The molecular weight excluding hydrogens is 830 g/mol. The second-order valence-electron chi connectivity index (χ2n) is 13.2. The first kappa shape index (κ1) is 51.1. The molecule has 0 saturated carbocycles. The number of esters is 2. The predicted octanol–water partition coefficient (Wildman–Crippen LogP) is 5.07. The van der Waals surface area contributed by atoms with Gasteiger partial charge in [0, 0.05) is 18.6 Å². The van der Waals surface area contributed by atoms with Crippen molar-refractivity contribution < 1.29 is 98.0 Å². The molecule has 0 aliphatic heterocycles. The summed E-state index contributed by atoms with van der Waals surface area (Å²) in [6.45, 7) is 15.1. The maximum absolute atomic E-state index is 12.7. The second kappa shape index (κ2) is 20.2. The first-order valence-electron chi connectivity index (χ1n) is 15.7. The normalized spacial score (nSPS) is 11.6. The van der Waals surface area contributed by atoms with Crippen molar-refractivity contribution in [2.24, 2.45) is 0 Å². The van der Waals surface area contributed by atoms with E-state index >= 15 is 0 Å². The van der Waals surface area contributed by atoms with Crippen LogP contribution in [0.3, 0.4) is 0 Å². The van der Waals surface area contributed by atoms with Crippen LogP contribution in [0.4, 0.5) is 39.5 Å². The zero-order valence-electron chi connectivity index (χ0n) is 31.5. The van der Waals surface area contributed by atoms with Gasteiger partial charge in [-0.3, -0.25) is 0 Å². The molecule has 0 N–H and O–H groups in total. The van der Waals surface area contributed by atoms with Gasteiger partial charge < -0.3 is 28.2 Å². The van der Waals surface area contributed by atoms with E-state index in [0.29, 0.717) is 0 Å². The molecule has 5 rings (SSSR count). The number of carbonyl (C=O) groups excluding carboxylic acids is 3. The molecule has 0 unspecified atom stereocenters. The van der Waals surface area contributed by atoms with Crippen LogP contribution in [0.25, 0.3) is 15.9 Å². The van der Waals surface area contributed by atoms with Crippen LogP contribution >= 0.6 is 11.6 Å². The molecule has 58 heavy (non-hydrogen) atoms. The Morgan fingerprint density at radius 1 is 0.707 bits per heavy atom. The number of fused-ring (bicyclic) bond motifs is 2. The summed E-state index contributed by atoms with van der Waals surface area (Å²) in [4.78, 5) is 47.0. The number of halogens is 10. The first-order valence-corrected chi connectivity index (χ1v) is 16.1. The van der Waals surface area contributed by atoms with Gasteiger partial charge in [0.1, 0.15) is 28.4 Å². The van der Waals surface area contributed by atoms with E-state index in [-0.39, 0.29) is 58.0 Å². The van der Waals surface area contributed by atoms with E-state index in [9.17, 15) is 59.0 Å². The summed E-state index contributed by atoms with van der Waals surface area (Å²) in [5.41, 5.74) is -4.45. The van der Waals surface area contributed by atoms with Crippen LogP contribution in [0.2, 0.25) is 5.15 Å². The summed E-state index contributed by atoms with van der Waals surface area (Å²) in [6.07, 6.45) is -7.63. The van der Waals surface area contributed by atoms with Crippen LogP contribution in [0.1, 0.15) is 79.2 Å². The van der Waals surface area contributed by atoms with Crippen molar-refractivity contribution in [3.8, 4) is 6.57 Å². The van der Waals surface area contributed by atoms with Crippen molar-refractivity contribution in [3.05, 3.63) is 106 Å². The number of carboxylic acids is 1. The Kier molecular flexibility index (Phi) is 17.8. The first-order chi connectivity index (χ1) is 25.9. The van der Waals surface area contributed by atoms with Gasteiger partial charge in [-0.25, -0.2) is 24.5 Å². The van der Waals surface area contributed by atoms with Crippen LogP contribution in [0.5, 0.6) is 0 Å². The molecule has 0 amide bonds. The smallest absolute Gasteiger partial charge is 0.543 e. The van der Waals surface area contributed by atoms with Crippen molar-refractivity contribution in [2.75, 3.05) is 6.54 Å². The van der Waals surface area contributed by atoms with Crippen LogP contribution in [-0.2, 0) is 32.8 Å². The van der Waals surface area contributed by atoms with Gasteiger partial charge in [0.25, 0.3) is 6.57 Å².